The summed E-state index contributed by atoms with van der Waals surface area (Å²) < 4.78 is 9.65. The topological polar surface area (TPSA) is 100 Å². The van der Waals surface area contributed by atoms with Gasteiger partial charge in [0.1, 0.15) is 12.1 Å². The van der Waals surface area contributed by atoms with Crippen LogP contribution in [0.5, 0.6) is 5.75 Å². The molecule has 0 aliphatic carbocycles. The lowest BCUT2D eigenvalue weighted by Crippen LogP contribution is -2.37. The average Bonchev–Trinajstić information content (AvgIpc) is 3.47. The van der Waals surface area contributed by atoms with E-state index in [2.05, 4.69) is 17.2 Å². The number of carbonyl (C=O) groups excluding carboxylic acids is 1. The Hall–Kier alpha value is -3.08. The van der Waals surface area contributed by atoms with E-state index in [-0.39, 0.29) is 18.0 Å². The van der Waals surface area contributed by atoms with Crippen molar-refractivity contribution < 1.29 is 9.53 Å². The Morgan fingerprint density at radius 2 is 1.86 bits per heavy atom. The Labute approximate surface area is 220 Å². The number of fused-ring (bicyclic) bond motifs is 1. The predicted octanol–water partition coefficient (Wildman–Crippen LogP) is 4.68. The summed E-state index contributed by atoms with van der Waals surface area (Å²) in [6.07, 6.45) is 4.69. The lowest BCUT2D eigenvalue weighted by molar-refractivity contribution is -0.116. The summed E-state index contributed by atoms with van der Waals surface area (Å²) in [4.78, 5) is 41.9. The predicted molar refractivity (Wildman–Crippen MR) is 144 cm³/mol. The maximum atomic E-state index is 12.7. The van der Waals surface area contributed by atoms with Crippen molar-refractivity contribution in [3.05, 3.63) is 60.7 Å². The minimum Gasteiger partial charge on any atom is -0.490 e. The highest BCUT2D eigenvalue weighted by molar-refractivity contribution is 7.14. The Morgan fingerprint density at radius 3 is 2.56 bits per heavy atom. The first kappa shape index (κ1) is 26.0. The quantitative estimate of drug-likeness (QED) is 0.305. The number of nitrogens with zero attached hydrogens (tertiary/aromatic N) is 4. The number of rotatable bonds is 9. The van der Waals surface area contributed by atoms with Crippen LogP contribution < -0.4 is 21.3 Å². The van der Waals surface area contributed by atoms with Gasteiger partial charge in [0.25, 0.3) is 5.56 Å². The molecule has 4 aromatic rings. The van der Waals surface area contributed by atoms with Gasteiger partial charge in [0.05, 0.1) is 27.9 Å². The van der Waals surface area contributed by atoms with Crippen LogP contribution in [0.25, 0.3) is 22.3 Å². The van der Waals surface area contributed by atoms with Gasteiger partial charge in [0, 0.05) is 31.2 Å². The molecule has 1 amide bonds. The summed E-state index contributed by atoms with van der Waals surface area (Å²) in [6, 6.07) is 5.10. The Kier molecular flexibility index (Phi) is 7.87. The second-order valence-electron chi connectivity index (χ2n) is 8.29. The van der Waals surface area contributed by atoms with Gasteiger partial charge >= 0.3 is 5.69 Å². The summed E-state index contributed by atoms with van der Waals surface area (Å²) in [5.41, 5.74) is 1.14. The van der Waals surface area contributed by atoms with Gasteiger partial charge in [-0.25, -0.2) is 9.78 Å². The number of ether oxygens (including phenoxy) is 1. The molecule has 36 heavy (non-hydrogen) atoms. The zero-order chi connectivity index (χ0) is 26.0. The molecule has 0 radical (unpaired) electrons. The first-order valence-electron chi connectivity index (χ1n) is 11.3. The molecule has 0 saturated carbocycles. The van der Waals surface area contributed by atoms with Crippen molar-refractivity contribution in [3.8, 4) is 17.0 Å². The maximum absolute atomic E-state index is 12.7. The molecule has 0 aliphatic heterocycles. The lowest BCUT2D eigenvalue weighted by Gasteiger charge is -2.11. The van der Waals surface area contributed by atoms with Crippen molar-refractivity contribution in [1.82, 2.24) is 18.7 Å². The van der Waals surface area contributed by atoms with E-state index in [1.165, 1.54) is 27.5 Å². The summed E-state index contributed by atoms with van der Waals surface area (Å²) in [7, 11) is 2.98. The maximum Gasteiger partial charge on any atom is 0.331 e. The zero-order valence-corrected chi connectivity index (χ0v) is 22.3. The van der Waals surface area contributed by atoms with Gasteiger partial charge < -0.3 is 14.6 Å². The Balaban J connectivity index is 1.48. The number of benzene rings is 1. The summed E-state index contributed by atoms with van der Waals surface area (Å²) in [6.45, 7) is 2.54. The molecule has 0 unspecified atom stereocenters. The highest BCUT2D eigenvalue weighted by Gasteiger charge is 2.17. The number of aryl methyl sites for hydroxylation is 1. The number of thiazole rings is 1. The number of hydrogen-bond donors (Lipinski definition) is 1. The van der Waals surface area contributed by atoms with Crippen LogP contribution in [0.4, 0.5) is 5.13 Å². The first-order chi connectivity index (χ1) is 17.2. The molecule has 3 heterocycles. The van der Waals surface area contributed by atoms with E-state index in [0.29, 0.717) is 44.3 Å². The van der Waals surface area contributed by atoms with Crippen LogP contribution in [0.1, 0.15) is 26.2 Å². The zero-order valence-electron chi connectivity index (χ0n) is 20.0. The second-order valence-corrected chi connectivity index (χ2v) is 9.97. The third-order valence-electron chi connectivity index (χ3n) is 5.74. The van der Waals surface area contributed by atoms with E-state index in [0.717, 1.165) is 23.8 Å². The lowest BCUT2D eigenvalue weighted by atomic mass is 10.1. The van der Waals surface area contributed by atoms with Crippen LogP contribution in [-0.2, 0) is 25.4 Å². The van der Waals surface area contributed by atoms with Crippen LogP contribution >= 0.6 is 34.5 Å². The largest absolute Gasteiger partial charge is 0.490 e. The molecule has 0 bridgehead atoms. The van der Waals surface area contributed by atoms with Crippen molar-refractivity contribution in [2.24, 2.45) is 14.1 Å². The van der Waals surface area contributed by atoms with Crippen LogP contribution in [0, 0.1) is 0 Å². The van der Waals surface area contributed by atoms with Crippen LogP contribution in [-0.4, -0.2) is 31.2 Å². The number of aromatic nitrogens is 4. The third-order valence-corrected chi connectivity index (χ3v) is 7.06. The van der Waals surface area contributed by atoms with Gasteiger partial charge in [-0.3, -0.25) is 18.7 Å². The fraction of sp³-hybridized carbons (Fsp3) is 0.333. The van der Waals surface area contributed by atoms with Crippen molar-refractivity contribution in [1.29, 1.82) is 0 Å². The normalized spacial score (nSPS) is 11.2. The van der Waals surface area contributed by atoms with E-state index in [9.17, 15) is 14.4 Å². The molecule has 3 aromatic heterocycles. The van der Waals surface area contributed by atoms with E-state index in [1.807, 2.05) is 0 Å². The molecular weight excluding hydrogens is 525 g/mol. The molecule has 0 spiro atoms. The highest BCUT2D eigenvalue weighted by atomic mass is 35.5. The molecule has 9 nitrogen and oxygen atoms in total. The molecule has 0 saturated heterocycles. The number of unbranched alkanes of at least 4 members (excludes halogenated alkanes) is 2. The summed E-state index contributed by atoms with van der Waals surface area (Å²) >= 11 is 14.1. The van der Waals surface area contributed by atoms with Crippen LogP contribution in [0.15, 0.2) is 39.4 Å². The number of hydrogen-bond acceptors (Lipinski definition) is 6. The Bertz CT molecular complexity index is 1530. The van der Waals surface area contributed by atoms with Gasteiger partial charge in [-0.2, -0.15) is 0 Å². The molecule has 1 N–H and O–H groups in total. The highest BCUT2D eigenvalue weighted by Crippen LogP contribution is 2.38. The molecule has 1 aromatic carbocycles. The van der Waals surface area contributed by atoms with Crippen molar-refractivity contribution in [2.45, 2.75) is 32.7 Å². The molecule has 12 heteroatoms. The number of carbonyl (C=O) groups is 1. The number of amides is 1. The molecule has 190 valence electrons. The monoisotopic (exact) mass is 549 g/mol. The standard InChI is InChI=1S/C24H25Cl2N5O4S/c1-4-5-6-9-35-21-15(25)10-14(11-16(21)26)17-13-36-23(27-17)28-19(32)12-31-8-7-18-20(31)22(33)30(3)24(34)29(18)2/h7-8,10-11,13H,4-6,9,12H2,1-3H3,(H,27,28,32). The fourth-order valence-electron chi connectivity index (χ4n) is 3.82. The van der Waals surface area contributed by atoms with Crippen LogP contribution in [0.3, 0.4) is 0 Å². The molecule has 0 atom stereocenters. The van der Waals surface area contributed by atoms with E-state index >= 15 is 0 Å². The number of anilines is 1. The van der Waals surface area contributed by atoms with Gasteiger partial charge in [-0.05, 0) is 24.6 Å². The molecule has 4 rings (SSSR count). The number of halogens is 2. The van der Waals surface area contributed by atoms with Gasteiger partial charge in [0.15, 0.2) is 10.9 Å². The smallest absolute Gasteiger partial charge is 0.331 e. The van der Waals surface area contributed by atoms with E-state index in [1.54, 1.807) is 36.8 Å². The van der Waals surface area contributed by atoms with Crippen molar-refractivity contribution in [2.75, 3.05) is 11.9 Å². The Morgan fingerprint density at radius 1 is 1.14 bits per heavy atom. The third kappa shape index (κ3) is 5.21. The molecule has 0 aliphatic rings. The van der Waals surface area contributed by atoms with E-state index in [4.69, 9.17) is 27.9 Å². The van der Waals surface area contributed by atoms with Gasteiger partial charge in [-0.15, -0.1) is 11.3 Å². The van der Waals surface area contributed by atoms with E-state index < -0.39 is 11.2 Å². The fourth-order valence-corrected chi connectivity index (χ4v) is 5.15. The summed E-state index contributed by atoms with van der Waals surface area (Å²) in [5.74, 6) is 0.0840. The minimum atomic E-state index is -0.464. The van der Waals surface area contributed by atoms with Crippen molar-refractivity contribution in [3.63, 3.8) is 0 Å². The van der Waals surface area contributed by atoms with Gasteiger partial charge in [0.2, 0.25) is 5.91 Å². The summed E-state index contributed by atoms with van der Waals surface area (Å²) in [5, 5.41) is 5.71. The first-order valence-corrected chi connectivity index (χ1v) is 13.0. The SMILES string of the molecule is CCCCCOc1c(Cl)cc(-c2csc(NC(=O)Cn3ccc4c3c(=O)n(C)c(=O)n4C)n2)cc1Cl. The molecule has 0 fully saturated rings. The van der Waals surface area contributed by atoms with Gasteiger partial charge in [-0.1, -0.05) is 43.0 Å². The van der Waals surface area contributed by atoms with Crippen molar-refractivity contribution >= 4 is 56.6 Å². The molecular formula is C24H25Cl2N5O4S. The average molecular weight is 550 g/mol. The second kappa shape index (κ2) is 10.9. The van der Waals surface area contributed by atoms with Crippen LogP contribution in [0.2, 0.25) is 10.0 Å². The minimum absolute atomic E-state index is 0.117. The number of nitrogens with one attached hydrogen (secondary N) is 1.